The molecule has 0 N–H and O–H groups in total. The zero-order chi connectivity index (χ0) is 24.4. The van der Waals surface area contributed by atoms with Crippen LogP contribution in [-0.2, 0) is 7.05 Å². The maximum Gasteiger partial charge on any atom is 0.387 e. The molecule has 0 saturated heterocycles. The average Bonchev–Trinajstić information content (AvgIpc) is 3.44. The zero-order valence-electron chi connectivity index (χ0n) is 18.1. The number of hydrogen-bond acceptors (Lipinski definition) is 6. The van der Waals surface area contributed by atoms with Crippen molar-refractivity contribution in [2.45, 2.75) is 25.4 Å². The topological polar surface area (TPSA) is 83.9 Å². The number of benzene rings is 2. The van der Waals surface area contributed by atoms with Gasteiger partial charge in [0.05, 0.1) is 21.9 Å². The Hall–Kier alpha value is -3.93. The SMILES string of the molecule is Cn1cc2cc(-n3c(=O)c4sc(C5CC5)nc4n(-c4ccc(OC(F)F)cc4F)c3=O)ccc2n1. The van der Waals surface area contributed by atoms with Crippen LogP contribution in [0, 0.1) is 5.82 Å². The van der Waals surface area contributed by atoms with E-state index >= 15 is 4.39 Å². The molecule has 1 fully saturated rings. The van der Waals surface area contributed by atoms with E-state index < -0.39 is 29.4 Å². The summed E-state index contributed by atoms with van der Waals surface area (Å²) in [6, 6.07) is 7.99. The number of fused-ring (bicyclic) bond motifs is 2. The number of thiazole rings is 1. The molecule has 5 aromatic rings. The molecule has 178 valence electrons. The van der Waals surface area contributed by atoms with Crippen molar-refractivity contribution in [1.82, 2.24) is 23.9 Å². The second-order valence-corrected chi connectivity index (χ2v) is 9.31. The summed E-state index contributed by atoms with van der Waals surface area (Å²) in [7, 11) is 1.76. The minimum Gasteiger partial charge on any atom is -0.435 e. The van der Waals surface area contributed by atoms with E-state index in [1.165, 1.54) is 11.3 Å². The van der Waals surface area contributed by atoms with Crippen LogP contribution in [0.5, 0.6) is 5.75 Å². The number of ether oxygens (including phenoxy) is 1. The highest BCUT2D eigenvalue weighted by atomic mass is 32.1. The first-order chi connectivity index (χ1) is 16.8. The summed E-state index contributed by atoms with van der Waals surface area (Å²) in [6.45, 7) is -3.13. The van der Waals surface area contributed by atoms with Gasteiger partial charge in [0.2, 0.25) is 0 Å². The molecule has 8 nitrogen and oxygen atoms in total. The Bertz CT molecular complexity index is 1750. The van der Waals surface area contributed by atoms with Crippen molar-refractivity contribution in [2.75, 3.05) is 0 Å². The Labute approximate surface area is 198 Å². The van der Waals surface area contributed by atoms with Gasteiger partial charge in [0.25, 0.3) is 5.56 Å². The van der Waals surface area contributed by atoms with Crippen LogP contribution in [0.4, 0.5) is 13.2 Å². The highest BCUT2D eigenvalue weighted by Crippen LogP contribution is 2.42. The van der Waals surface area contributed by atoms with Crippen LogP contribution in [0.25, 0.3) is 32.6 Å². The van der Waals surface area contributed by atoms with Gasteiger partial charge in [-0.2, -0.15) is 13.9 Å². The second-order valence-electron chi connectivity index (χ2n) is 8.28. The van der Waals surface area contributed by atoms with E-state index in [4.69, 9.17) is 0 Å². The van der Waals surface area contributed by atoms with E-state index in [0.717, 1.165) is 40.2 Å². The minimum atomic E-state index is -3.13. The van der Waals surface area contributed by atoms with Crippen LogP contribution < -0.4 is 16.0 Å². The van der Waals surface area contributed by atoms with Crippen LogP contribution in [-0.4, -0.2) is 30.5 Å². The molecule has 0 aliphatic heterocycles. The first kappa shape index (κ1) is 21.6. The molecule has 0 atom stereocenters. The maximum absolute atomic E-state index is 15.1. The Morgan fingerprint density at radius 3 is 2.63 bits per heavy atom. The van der Waals surface area contributed by atoms with Crippen molar-refractivity contribution in [3.63, 3.8) is 0 Å². The third-order valence-corrected chi connectivity index (χ3v) is 6.99. The van der Waals surface area contributed by atoms with E-state index in [2.05, 4.69) is 14.8 Å². The summed E-state index contributed by atoms with van der Waals surface area (Å²) >= 11 is 1.18. The van der Waals surface area contributed by atoms with Gasteiger partial charge in [-0.05, 0) is 43.2 Å². The molecular formula is C23H16F3N5O3S. The zero-order valence-corrected chi connectivity index (χ0v) is 18.9. The van der Waals surface area contributed by atoms with E-state index in [0.29, 0.717) is 15.9 Å². The van der Waals surface area contributed by atoms with Gasteiger partial charge >= 0.3 is 12.3 Å². The van der Waals surface area contributed by atoms with Crippen molar-refractivity contribution in [3.05, 3.63) is 74.3 Å². The number of halogens is 3. The number of aryl methyl sites for hydroxylation is 1. The van der Waals surface area contributed by atoms with Crippen molar-refractivity contribution in [2.24, 2.45) is 7.05 Å². The van der Waals surface area contributed by atoms with E-state index in [1.54, 1.807) is 36.1 Å². The summed E-state index contributed by atoms with van der Waals surface area (Å²) in [5.74, 6) is -1.17. The first-order valence-electron chi connectivity index (χ1n) is 10.7. The molecule has 2 aromatic carbocycles. The normalized spacial score (nSPS) is 13.9. The molecule has 0 radical (unpaired) electrons. The molecule has 0 bridgehead atoms. The molecule has 1 aliphatic carbocycles. The molecule has 35 heavy (non-hydrogen) atoms. The molecule has 1 saturated carbocycles. The van der Waals surface area contributed by atoms with Crippen LogP contribution in [0.2, 0.25) is 0 Å². The van der Waals surface area contributed by atoms with Gasteiger partial charge in [-0.1, -0.05) is 0 Å². The lowest BCUT2D eigenvalue weighted by atomic mass is 10.2. The standard InChI is InChI=1S/C23H16F3N5O3S/c1-29-10-12-8-13(4-6-16(12)28-29)30-21(32)18-19(27-20(35-18)11-2-3-11)31(23(30)33)17-7-5-14(9-15(17)24)34-22(25)26/h4-11,22H,2-3H2,1H3. The highest BCUT2D eigenvalue weighted by molar-refractivity contribution is 7.18. The maximum atomic E-state index is 15.1. The lowest BCUT2D eigenvalue weighted by molar-refractivity contribution is -0.0500. The van der Waals surface area contributed by atoms with E-state index in [9.17, 15) is 18.4 Å². The predicted molar refractivity (Wildman–Crippen MR) is 124 cm³/mol. The van der Waals surface area contributed by atoms with Crippen LogP contribution in [0.1, 0.15) is 23.8 Å². The third kappa shape index (κ3) is 3.60. The smallest absolute Gasteiger partial charge is 0.387 e. The predicted octanol–water partition coefficient (Wildman–Crippen LogP) is 4.10. The number of nitrogens with zero attached hydrogens (tertiary/aromatic N) is 5. The lowest BCUT2D eigenvalue weighted by Crippen LogP contribution is -2.38. The summed E-state index contributed by atoms with van der Waals surface area (Å²) < 4.78 is 48.3. The highest BCUT2D eigenvalue weighted by Gasteiger charge is 2.30. The fourth-order valence-electron chi connectivity index (χ4n) is 4.07. The first-order valence-corrected chi connectivity index (χ1v) is 11.5. The van der Waals surface area contributed by atoms with Gasteiger partial charge in [0, 0.05) is 30.6 Å². The second kappa shape index (κ2) is 7.80. The largest absolute Gasteiger partial charge is 0.435 e. The molecular weight excluding hydrogens is 483 g/mol. The molecule has 3 aromatic heterocycles. The minimum absolute atomic E-state index is 0.0343. The molecule has 0 amide bonds. The number of hydrogen-bond donors (Lipinski definition) is 0. The van der Waals surface area contributed by atoms with Crippen LogP contribution in [0.3, 0.4) is 0 Å². The molecule has 6 rings (SSSR count). The summed E-state index contributed by atoms with van der Waals surface area (Å²) in [5.41, 5.74) is -0.625. The van der Waals surface area contributed by atoms with E-state index in [1.807, 2.05) is 0 Å². The van der Waals surface area contributed by atoms with Crippen LogP contribution in [0.15, 0.2) is 52.2 Å². The molecule has 0 unspecified atom stereocenters. The van der Waals surface area contributed by atoms with Crippen molar-refractivity contribution < 1.29 is 17.9 Å². The lowest BCUT2D eigenvalue weighted by Gasteiger charge is -2.13. The number of aromatic nitrogens is 5. The molecule has 12 heteroatoms. The van der Waals surface area contributed by atoms with Gasteiger partial charge < -0.3 is 4.74 Å². The monoisotopic (exact) mass is 499 g/mol. The van der Waals surface area contributed by atoms with Crippen molar-refractivity contribution >= 4 is 32.6 Å². The Kier molecular flexibility index (Phi) is 4.81. The molecule has 0 spiro atoms. The summed E-state index contributed by atoms with van der Waals surface area (Å²) in [6.07, 6.45) is 3.59. The Balaban J connectivity index is 1.64. The number of rotatable bonds is 5. The fourth-order valence-corrected chi connectivity index (χ4v) is 5.22. The van der Waals surface area contributed by atoms with Crippen molar-refractivity contribution in [3.8, 4) is 17.1 Å². The van der Waals surface area contributed by atoms with Gasteiger partial charge in [-0.3, -0.25) is 9.48 Å². The van der Waals surface area contributed by atoms with Gasteiger partial charge in [0.15, 0.2) is 11.5 Å². The number of alkyl halides is 2. The van der Waals surface area contributed by atoms with E-state index in [-0.39, 0.29) is 27.6 Å². The molecule has 1 aliphatic rings. The summed E-state index contributed by atoms with van der Waals surface area (Å²) in [5, 5.41) is 5.71. The fraction of sp³-hybridized carbons (Fsp3) is 0.217. The Morgan fingerprint density at radius 1 is 1.11 bits per heavy atom. The summed E-state index contributed by atoms with van der Waals surface area (Å²) in [4.78, 5) is 31.7. The van der Waals surface area contributed by atoms with Gasteiger partial charge in [-0.25, -0.2) is 23.3 Å². The quantitative estimate of drug-likeness (QED) is 0.364. The van der Waals surface area contributed by atoms with Gasteiger partial charge in [-0.15, -0.1) is 11.3 Å². The van der Waals surface area contributed by atoms with Crippen LogP contribution >= 0.6 is 11.3 Å². The van der Waals surface area contributed by atoms with Gasteiger partial charge in [0.1, 0.15) is 10.4 Å². The average molecular weight is 499 g/mol. The molecule has 3 heterocycles. The Morgan fingerprint density at radius 2 is 1.91 bits per heavy atom. The van der Waals surface area contributed by atoms with Crippen molar-refractivity contribution in [1.29, 1.82) is 0 Å². The third-order valence-electron chi connectivity index (χ3n) is 5.79.